The van der Waals surface area contributed by atoms with Crippen LogP contribution >= 0.6 is 0 Å². The van der Waals surface area contributed by atoms with Crippen LogP contribution in [-0.2, 0) is 62.1 Å². The third kappa shape index (κ3) is 41.8. The molecule has 486 valence electrons. The SMILES string of the molecule is CCCCCCCCC(/C=C/CCCCCCC(=O)OC(COC(=O)CCCCCCC/C=C\C=C\C(CCCCC)C(CC(=O)O)C(=O)O)COC(=O)CCCCCCC/C=C\C/C=C\C=C\C(CC)C(CC(=O)O)C(=O)[O-])C1CC(=O)OC1=O. The van der Waals surface area contributed by atoms with Crippen LogP contribution in [0.15, 0.2) is 72.9 Å². The van der Waals surface area contributed by atoms with E-state index >= 15 is 0 Å². The lowest BCUT2D eigenvalue weighted by molar-refractivity contribution is -0.313. The van der Waals surface area contributed by atoms with Crippen molar-refractivity contribution < 1.29 is 82.5 Å². The second kappa shape index (κ2) is 52.0. The van der Waals surface area contributed by atoms with Gasteiger partial charge in [-0.05, 0) is 101 Å². The molecule has 17 nitrogen and oxygen atoms in total. The fraction of sp³-hybridized carbons (Fsp3) is 0.696. The summed E-state index contributed by atoms with van der Waals surface area (Å²) in [5.41, 5.74) is 0. The van der Waals surface area contributed by atoms with Crippen LogP contribution in [0.1, 0.15) is 252 Å². The summed E-state index contributed by atoms with van der Waals surface area (Å²) < 4.78 is 21.6. The van der Waals surface area contributed by atoms with Gasteiger partial charge in [-0.2, -0.15) is 0 Å². The highest BCUT2D eigenvalue weighted by molar-refractivity contribution is 5.95. The van der Waals surface area contributed by atoms with E-state index in [0.29, 0.717) is 38.5 Å². The van der Waals surface area contributed by atoms with Gasteiger partial charge >= 0.3 is 47.8 Å². The number of hydrogen-bond acceptors (Lipinski definition) is 14. The second-order valence-electron chi connectivity index (χ2n) is 22.9. The summed E-state index contributed by atoms with van der Waals surface area (Å²) in [6.07, 6.45) is 48.5. The Balaban J connectivity index is 2.62. The predicted molar refractivity (Wildman–Crippen MR) is 330 cm³/mol. The van der Waals surface area contributed by atoms with Crippen molar-refractivity contribution in [2.24, 2.45) is 35.5 Å². The van der Waals surface area contributed by atoms with Gasteiger partial charge in [-0.15, -0.1) is 0 Å². The van der Waals surface area contributed by atoms with E-state index in [1.165, 1.54) is 19.3 Å². The number of hydrogen-bond donors (Lipinski definition) is 3. The number of aliphatic carboxylic acids is 4. The lowest BCUT2D eigenvalue weighted by Gasteiger charge is -2.22. The van der Waals surface area contributed by atoms with Gasteiger partial charge in [-0.3, -0.25) is 38.4 Å². The molecule has 1 fully saturated rings. The molecule has 0 spiro atoms. The molecule has 1 rings (SSSR count). The molecule has 0 radical (unpaired) electrons. The van der Waals surface area contributed by atoms with Gasteiger partial charge in [0.2, 0.25) is 0 Å². The maximum atomic E-state index is 13.0. The van der Waals surface area contributed by atoms with Crippen LogP contribution in [0.5, 0.6) is 0 Å². The predicted octanol–water partition coefficient (Wildman–Crippen LogP) is 14.2. The first kappa shape index (κ1) is 77.9. The number of cyclic esters (lactones) is 2. The minimum absolute atomic E-state index is 0.0283. The summed E-state index contributed by atoms with van der Waals surface area (Å²) in [4.78, 5) is 109. The Morgan fingerprint density at radius 2 is 1.00 bits per heavy atom. The van der Waals surface area contributed by atoms with Crippen molar-refractivity contribution in [1.82, 2.24) is 0 Å². The number of carboxylic acid groups (broad SMARTS) is 4. The summed E-state index contributed by atoms with van der Waals surface area (Å²) in [5.74, 6) is -10.3. The second-order valence-corrected chi connectivity index (χ2v) is 22.9. The number of unbranched alkanes of at least 4 members (excludes halogenated alkanes) is 21. The van der Waals surface area contributed by atoms with E-state index in [1.807, 2.05) is 43.4 Å². The van der Waals surface area contributed by atoms with Gasteiger partial charge in [-0.25, -0.2) is 0 Å². The van der Waals surface area contributed by atoms with Crippen LogP contribution < -0.4 is 5.11 Å². The van der Waals surface area contributed by atoms with Crippen molar-refractivity contribution in [2.75, 3.05) is 13.2 Å². The molecule has 7 unspecified atom stereocenters. The molecule has 86 heavy (non-hydrogen) atoms. The van der Waals surface area contributed by atoms with E-state index in [4.69, 9.17) is 24.1 Å². The quantitative estimate of drug-likeness (QED) is 0.0127. The van der Waals surface area contributed by atoms with Crippen molar-refractivity contribution in [3.63, 3.8) is 0 Å². The summed E-state index contributed by atoms with van der Waals surface area (Å²) >= 11 is 0. The molecule has 0 aromatic rings. The molecule has 1 saturated heterocycles. The molecule has 1 aliphatic heterocycles. The number of carbonyl (C=O) groups is 9. The maximum absolute atomic E-state index is 13.0. The topological polar surface area (TPSA) is 274 Å². The zero-order valence-electron chi connectivity index (χ0n) is 52.4. The third-order valence-electron chi connectivity index (χ3n) is 15.6. The average molecular weight is 1210 g/mol. The number of ether oxygens (including phenoxy) is 4. The first-order valence-electron chi connectivity index (χ1n) is 32.6. The molecular formula is C69H107O17-. The monoisotopic (exact) mass is 1210 g/mol. The summed E-state index contributed by atoms with van der Waals surface area (Å²) in [7, 11) is 0. The van der Waals surface area contributed by atoms with Gasteiger partial charge in [0.25, 0.3) is 0 Å². The third-order valence-corrected chi connectivity index (χ3v) is 15.6. The van der Waals surface area contributed by atoms with E-state index in [2.05, 4.69) is 38.2 Å². The minimum Gasteiger partial charge on any atom is -0.550 e. The number of allylic oxidation sites excluding steroid dienone is 12. The van der Waals surface area contributed by atoms with Gasteiger partial charge < -0.3 is 44.2 Å². The van der Waals surface area contributed by atoms with Crippen molar-refractivity contribution in [3.05, 3.63) is 72.9 Å². The van der Waals surface area contributed by atoms with Crippen molar-refractivity contribution >= 4 is 53.7 Å². The Kier molecular flexibility index (Phi) is 47.1. The van der Waals surface area contributed by atoms with Crippen LogP contribution in [0, 0.1) is 35.5 Å². The molecule has 1 heterocycles. The molecule has 7 atom stereocenters. The van der Waals surface area contributed by atoms with E-state index in [9.17, 15) is 58.5 Å². The van der Waals surface area contributed by atoms with E-state index in [-0.39, 0.29) is 50.7 Å². The number of carbonyl (C=O) groups excluding carboxylic acids is 6. The molecule has 0 aromatic carbocycles. The minimum atomic E-state index is -1.36. The fourth-order valence-electron chi connectivity index (χ4n) is 10.4. The van der Waals surface area contributed by atoms with E-state index in [1.54, 1.807) is 12.2 Å². The Morgan fingerprint density at radius 1 is 0.523 bits per heavy atom. The molecule has 0 amide bonds. The van der Waals surface area contributed by atoms with E-state index in [0.717, 1.165) is 135 Å². The normalized spacial score (nSPS) is 15.9. The molecule has 1 aliphatic rings. The highest BCUT2D eigenvalue weighted by Crippen LogP contribution is 2.31. The highest BCUT2D eigenvalue weighted by atomic mass is 16.6. The zero-order valence-corrected chi connectivity index (χ0v) is 52.4. The highest BCUT2D eigenvalue weighted by Gasteiger charge is 2.38. The maximum Gasteiger partial charge on any atom is 0.317 e. The van der Waals surface area contributed by atoms with Crippen LogP contribution in [0.25, 0.3) is 0 Å². The van der Waals surface area contributed by atoms with Crippen LogP contribution in [0.4, 0.5) is 0 Å². The fourth-order valence-corrected chi connectivity index (χ4v) is 10.4. The van der Waals surface area contributed by atoms with Gasteiger partial charge in [0.15, 0.2) is 6.10 Å². The number of carboxylic acids is 4. The summed E-state index contributed by atoms with van der Waals surface area (Å²) in [5, 5.41) is 39.4. The zero-order chi connectivity index (χ0) is 63.4. The Hall–Kier alpha value is -6.13. The van der Waals surface area contributed by atoms with Gasteiger partial charge in [0, 0.05) is 31.1 Å². The smallest absolute Gasteiger partial charge is 0.317 e. The lowest BCUT2D eigenvalue weighted by atomic mass is 9.85. The number of rotatable bonds is 56. The van der Waals surface area contributed by atoms with Gasteiger partial charge in [0.05, 0.1) is 31.1 Å². The van der Waals surface area contributed by atoms with Crippen LogP contribution in [0.2, 0.25) is 0 Å². The largest absolute Gasteiger partial charge is 0.550 e. The Labute approximate surface area is 513 Å². The summed E-state index contributed by atoms with van der Waals surface area (Å²) in [6, 6.07) is 0. The summed E-state index contributed by atoms with van der Waals surface area (Å²) in [6.45, 7) is 5.58. The Bertz CT molecular complexity index is 2120. The van der Waals surface area contributed by atoms with E-state index < -0.39 is 96.3 Å². The first-order valence-corrected chi connectivity index (χ1v) is 32.6. The molecule has 0 aromatic heterocycles. The molecule has 0 saturated carbocycles. The van der Waals surface area contributed by atoms with Crippen molar-refractivity contribution in [2.45, 2.75) is 258 Å². The standard InChI is InChI=1S/C69H108O17/c1-4-7-9-10-26-36-44-56(60-51-66(77)86-69(60)82)45-37-29-24-25-32-40-48-65(76)85-57(52-83-63(74)46-38-30-22-18-14-12-11-13-16-20-27-34-41-54(6-3)58(67(78)79)49-61(70)71)53-84-64(75)47-39-31-23-19-15-17-21-28-35-43-55(42-33-8-5-2)59(68(80)81)50-62(72)73/h11,13,20-21,27-28,34-35,37,41,43,45,54-60H,4-10,12,14-19,22-26,29-33,36,38-40,42,44,46-53H2,1-3H3,(H,70,71)(H,72,73)(H,78,79)(H,80,81)/p-1/b13-11-,27-20-,28-21-,41-34+,43-35+,45-37+. The first-order chi connectivity index (χ1) is 41.5. The van der Waals surface area contributed by atoms with Crippen LogP contribution in [0.3, 0.4) is 0 Å². The number of esters is 5. The molecule has 0 aliphatic carbocycles. The van der Waals surface area contributed by atoms with Crippen molar-refractivity contribution in [1.29, 1.82) is 0 Å². The van der Waals surface area contributed by atoms with Crippen LogP contribution in [-0.4, -0.2) is 88.4 Å². The molecular weight excluding hydrogens is 1100 g/mol. The average Bonchev–Trinajstić information content (AvgIpc) is 3.97. The molecule has 0 bridgehead atoms. The lowest BCUT2D eigenvalue weighted by Crippen LogP contribution is -2.36. The van der Waals surface area contributed by atoms with Gasteiger partial charge in [-0.1, -0.05) is 203 Å². The Morgan fingerprint density at radius 3 is 1.53 bits per heavy atom. The van der Waals surface area contributed by atoms with Gasteiger partial charge in [0.1, 0.15) is 13.2 Å². The molecule has 3 N–H and O–H groups in total. The molecule has 17 heteroatoms. The van der Waals surface area contributed by atoms with Crippen molar-refractivity contribution in [3.8, 4) is 0 Å².